The van der Waals surface area contributed by atoms with Crippen molar-refractivity contribution in [2.24, 2.45) is 0 Å². The quantitative estimate of drug-likeness (QED) is 0.744. The number of aromatic nitrogens is 1. The molecule has 1 heterocycles. The van der Waals surface area contributed by atoms with Crippen LogP contribution in [0, 0.1) is 0 Å². The molecule has 0 spiro atoms. The van der Waals surface area contributed by atoms with Crippen LogP contribution >= 0.6 is 0 Å². The van der Waals surface area contributed by atoms with Gasteiger partial charge in [0.15, 0.2) is 0 Å². The molecule has 0 atom stereocenters. The van der Waals surface area contributed by atoms with E-state index >= 15 is 0 Å². The molecule has 1 aliphatic carbocycles. The Bertz CT molecular complexity index is 941. The highest BCUT2D eigenvalue weighted by Crippen LogP contribution is 2.51. The molecule has 2 N–H and O–H groups in total. The molecule has 1 amide bonds. The predicted molar refractivity (Wildman–Crippen MR) is 97.4 cm³/mol. The van der Waals surface area contributed by atoms with Crippen molar-refractivity contribution in [1.82, 2.24) is 4.98 Å². The zero-order valence-electron chi connectivity index (χ0n) is 14.3. The van der Waals surface area contributed by atoms with Crippen LogP contribution in [-0.4, -0.2) is 25.1 Å². The molecule has 25 heavy (non-hydrogen) atoms. The first-order valence-electron chi connectivity index (χ1n) is 8.28. The Morgan fingerprint density at radius 2 is 1.92 bits per heavy atom. The Hall–Kier alpha value is -2.95. The van der Waals surface area contributed by atoms with E-state index in [4.69, 9.17) is 9.47 Å². The summed E-state index contributed by atoms with van der Waals surface area (Å²) < 4.78 is 10.6. The van der Waals surface area contributed by atoms with Gasteiger partial charge in [-0.3, -0.25) is 4.79 Å². The lowest BCUT2D eigenvalue weighted by molar-refractivity contribution is -0.118. The molecule has 4 rings (SSSR count). The third-order valence-electron chi connectivity index (χ3n) is 4.94. The standard InChI is InChI=1S/C20H20N2O3/c1-24-13-7-8-18(25-2)17(11-13)22-19(23)20(9-10-20)15-12-21-16-6-4-3-5-14(15)16/h3-8,11-12,21H,9-10H2,1-2H3,(H,22,23). The molecule has 1 fully saturated rings. The highest BCUT2D eigenvalue weighted by Gasteiger charge is 2.52. The molecule has 1 saturated carbocycles. The summed E-state index contributed by atoms with van der Waals surface area (Å²) in [6.45, 7) is 0. The summed E-state index contributed by atoms with van der Waals surface area (Å²) in [4.78, 5) is 16.4. The van der Waals surface area contributed by atoms with Gasteiger partial charge in [-0.15, -0.1) is 0 Å². The first-order chi connectivity index (χ1) is 12.2. The molecule has 0 unspecified atom stereocenters. The van der Waals surface area contributed by atoms with Crippen LogP contribution < -0.4 is 14.8 Å². The van der Waals surface area contributed by atoms with Crippen LogP contribution in [0.5, 0.6) is 11.5 Å². The Labute approximate surface area is 146 Å². The van der Waals surface area contributed by atoms with E-state index in [9.17, 15) is 4.79 Å². The van der Waals surface area contributed by atoms with Gasteiger partial charge in [-0.2, -0.15) is 0 Å². The normalized spacial score (nSPS) is 15.0. The second kappa shape index (κ2) is 5.84. The molecule has 1 aromatic heterocycles. The fraction of sp³-hybridized carbons (Fsp3) is 0.250. The molecule has 2 aromatic carbocycles. The van der Waals surface area contributed by atoms with Gasteiger partial charge in [0.25, 0.3) is 0 Å². The van der Waals surface area contributed by atoms with E-state index in [1.807, 2.05) is 24.4 Å². The highest BCUT2D eigenvalue weighted by molar-refractivity contribution is 6.05. The van der Waals surface area contributed by atoms with E-state index in [1.54, 1.807) is 32.4 Å². The van der Waals surface area contributed by atoms with E-state index in [2.05, 4.69) is 16.4 Å². The number of para-hydroxylation sites is 1. The second-order valence-corrected chi connectivity index (χ2v) is 6.35. The average Bonchev–Trinajstić information content (AvgIpc) is 3.34. The molecule has 3 aromatic rings. The number of carbonyl (C=O) groups is 1. The SMILES string of the molecule is COc1ccc(OC)c(NC(=O)C2(c3c[nH]c4ccccc34)CC2)c1. The maximum Gasteiger partial charge on any atom is 0.235 e. The van der Waals surface area contributed by atoms with Crippen molar-refractivity contribution in [3.05, 3.63) is 54.2 Å². The summed E-state index contributed by atoms with van der Waals surface area (Å²) in [5, 5.41) is 4.14. The number of amides is 1. The number of rotatable bonds is 5. The van der Waals surface area contributed by atoms with Gasteiger partial charge in [0, 0.05) is 23.2 Å². The molecule has 0 radical (unpaired) electrons. The topological polar surface area (TPSA) is 63.4 Å². The zero-order valence-corrected chi connectivity index (χ0v) is 14.3. The van der Waals surface area contributed by atoms with Crippen LogP contribution in [0.25, 0.3) is 10.9 Å². The first-order valence-corrected chi connectivity index (χ1v) is 8.28. The fourth-order valence-corrected chi connectivity index (χ4v) is 3.36. The van der Waals surface area contributed by atoms with Gasteiger partial charge >= 0.3 is 0 Å². The summed E-state index contributed by atoms with van der Waals surface area (Å²) in [6.07, 6.45) is 3.64. The lowest BCUT2D eigenvalue weighted by Crippen LogP contribution is -2.27. The lowest BCUT2D eigenvalue weighted by Gasteiger charge is -2.17. The molecule has 128 valence electrons. The number of hydrogen-bond donors (Lipinski definition) is 2. The molecule has 5 heteroatoms. The third-order valence-corrected chi connectivity index (χ3v) is 4.94. The van der Waals surface area contributed by atoms with Crippen molar-refractivity contribution in [1.29, 1.82) is 0 Å². The Morgan fingerprint density at radius 1 is 1.12 bits per heavy atom. The summed E-state index contributed by atoms with van der Waals surface area (Å²) >= 11 is 0. The first kappa shape index (κ1) is 15.6. The number of aromatic amines is 1. The number of anilines is 1. The molecular formula is C20H20N2O3. The minimum atomic E-state index is -0.478. The number of ether oxygens (including phenoxy) is 2. The van der Waals surface area contributed by atoms with Crippen molar-refractivity contribution in [3.8, 4) is 11.5 Å². The van der Waals surface area contributed by atoms with Gasteiger partial charge in [0.2, 0.25) is 5.91 Å². The maximum absolute atomic E-state index is 13.1. The van der Waals surface area contributed by atoms with Gasteiger partial charge < -0.3 is 19.8 Å². The number of carbonyl (C=O) groups excluding carboxylic acids is 1. The van der Waals surface area contributed by atoms with Gasteiger partial charge in [-0.25, -0.2) is 0 Å². The summed E-state index contributed by atoms with van der Waals surface area (Å²) in [7, 11) is 3.19. The molecule has 5 nitrogen and oxygen atoms in total. The molecule has 0 saturated heterocycles. The number of methoxy groups -OCH3 is 2. The number of hydrogen-bond acceptors (Lipinski definition) is 3. The van der Waals surface area contributed by atoms with Crippen molar-refractivity contribution in [2.75, 3.05) is 19.5 Å². The number of H-pyrrole nitrogens is 1. The smallest absolute Gasteiger partial charge is 0.235 e. The number of benzene rings is 2. The van der Waals surface area contributed by atoms with Crippen LogP contribution in [0.3, 0.4) is 0 Å². The second-order valence-electron chi connectivity index (χ2n) is 6.35. The number of nitrogens with one attached hydrogen (secondary N) is 2. The monoisotopic (exact) mass is 336 g/mol. The van der Waals surface area contributed by atoms with Crippen molar-refractivity contribution in [3.63, 3.8) is 0 Å². The Kier molecular flexibility index (Phi) is 3.64. The molecule has 0 bridgehead atoms. The minimum Gasteiger partial charge on any atom is -0.497 e. The van der Waals surface area contributed by atoms with E-state index in [1.165, 1.54) is 0 Å². The molecular weight excluding hydrogens is 316 g/mol. The maximum atomic E-state index is 13.1. The summed E-state index contributed by atoms with van der Waals surface area (Å²) in [6, 6.07) is 13.4. The van der Waals surface area contributed by atoms with E-state index < -0.39 is 5.41 Å². The summed E-state index contributed by atoms with van der Waals surface area (Å²) in [5.74, 6) is 1.28. The van der Waals surface area contributed by atoms with Gasteiger partial charge in [0.1, 0.15) is 11.5 Å². The Morgan fingerprint density at radius 3 is 2.64 bits per heavy atom. The van der Waals surface area contributed by atoms with Gasteiger partial charge in [-0.05, 0) is 36.6 Å². The van der Waals surface area contributed by atoms with Crippen molar-refractivity contribution < 1.29 is 14.3 Å². The van der Waals surface area contributed by atoms with Crippen molar-refractivity contribution >= 4 is 22.5 Å². The highest BCUT2D eigenvalue weighted by atomic mass is 16.5. The van der Waals surface area contributed by atoms with Crippen LogP contribution in [0.2, 0.25) is 0 Å². The van der Waals surface area contributed by atoms with E-state index in [0.717, 1.165) is 29.3 Å². The average molecular weight is 336 g/mol. The van der Waals surface area contributed by atoms with Gasteiger partial charge in [0.05, 0.1) is 25.3 Å². The van der Waals surface area contributed by atoms with Crippen LogP contribution in [0.4, 0.5) is 5.69 Å². The van der Waals surface area contributed by atoms with Crippen LogP contribution in [0.15, 0.2) is 48.7 Å². The summed E-state index contributed by atoms with van der Waals surface area (Å²) in [5.41, 5.74) is 2.25. The van der Waals surface area contributed by atoms with Gasteiger partial charge in [-0.1, -0.05) is 18.2 Å². The third kappa shape index (κ3) is 2.52. The molecule has 0 aliphatic heterocycles. The van der Waals surface area contributed by atoms with Crippen LogP contribution in [-0.2, 0) is 10.2 Å². The zero-order chi connectivity index (χ0) is 17.4. The lowest BCUT2D eigenvalue weighted by atomic mass is 9.94. The van der Waals surface area contributed by atoms with Crippen molar-refractivity contribution in [2.45, 2.75) is 18.3 Å². The van der Waals surface area contributed by atoms with Crippen LogP contribution in [0.1, 0.15) is 18.4 Å². The molecule has 1 aliphatic rings. The fourth-order valence-electron chi connectivity index (χ4n) is 3.36. The minimum absolute atomic E-state index is 0.0104. The van der Waals surface area contributed by atoms with E-state index in [-0.39, 0.29) is 5.91 Å². The Balaban J connectivity index is 1.67. The predicted octanol–water partition coefficient (Wildman–Crippen LogP) is 3.86. The number of fused-ring (bicyclic) bond motifs is 1. The largest absolute Gasteiger partial charge is 0.497 e. The van der Waals surface area contributed by atoms with E-state index in [0.29, 0.717) is 17.2 Å².